The molecule has 3 nitrogen and oxygen atoms in total. The monoisotopic (exact) mass is 220 g/mol. The lowest BCUT2D eigenvalue weighted by atomic mass is 9.81. The van der Waals surface area contributed by atoms with Gasteiger partial charge in [0.05, 0.1) is 0 Å². The van der Waals surface area contributed by atoms with Gasteiger partial charge in [0, 0.05) is 17.9 Å². The summed E-state index contributed by atoms with van der Waals surface area (Å²) >= 11 is 0. The molecule has 16 heavy (non-hydrogen) atoms. The minimum atomic E-state index is -0.797. The Kier molecular flexibility index (Phi) is 2.27. The molecular weight excluding hydrogens is 204 g/mol. The minimum Gasteiger partial charge on any atom is -0.478 e. The number of hydrogen-bond donors (Lipinski definition) is 1. The molecule has 0 atom stereocenters. The van der Waals surface area contributed by atoms with Crippen LogP contribution in [0.25, 0.3) is 0 Å². The second kappa shape index (κ2) is 3.65. The van der Waals surface area contributed by atoms with E-state index in [-0.39, 0.29) is 0 Å². The van der Waals surface area contributed by atoms with E-state index >= 15 is 0 Å². The van der Waals surface area contributed by atoms with Crippen LogP contribution in [0.2, 0.25) is 0 Å². The largest absolute Gasteiger partial charge is 0.478 e. The number of carboxylic acids is 1. The van der Waals surface area contributed by atoms with Crippen LogP contribution >= 0.6 is 0 Å². The zero-order chi connectivity index (χ0) is 11.1. The Morgan fingerprint density at radius 2 is 1.94 bits per heavy atom. The zero-order valence-corrected chi connectivity index (χ0v) is 9.29. The molecule has 0 radical (unpaired) electrons. The fraction of sp³-hybridized carbons (Fsp3) is 0.615. The van der Waals surface area contributed by atoms with Gasteiger partial charge in [0.2, 0.25) is 0 Å². The number of aryl methyl sites for hydroxylation is 1. The van der Waals surface area contributed by atoms with Gasteiger partial charge in [0.1, 0.15) is 17.1 Å². The van der Waals surface area contributed by atoms with Crippen molar-refractivity contribution in [2.45, 2.75) is 50.9 Å². The van der Waals surface area contributed by atoms with Crippen LogP contribution in [-0.2, 0) is 12.8 Å². The van der Waals surface area contributed by atoms with Gasteiger partial charge in [0.15, 0.2) is 0 Å². The number of carbonyl (C=O) groups is 1. The first-order valence-corrected chi connectivity index (χ1v) is 6.15. The molecule has 3 rings (SSSR count). The summed E-state index contributed by atoms with van der Waals surface area (Å²) in [6.07, 6.45) is 7.41. The first kappa shape index (κ1) is 9.94. The van der Waals surface area contributed by atoms with Crippen LogP contribution in [-0.4, -0.2) is 11.1 Å². The zero-order valence-electron chi connectivity index (χ0n) is 9.29. The fourth-order valence-electron chi connectivity index (χ4n) is 2.78. The highest BCUT2D eigenvalue weighted by molar-refractivity contribution is 5.91. The second-order valence-corrected chi connectivity index (χ2v) is 4.88. The van der Waals surface area contributed by atoms with Gasteiger partial charge in [-0.3, -0.25) is 0 Å². The van der Waals surface area contributed by atoms with Crippen LogP contribution in [0.4, 0.5) is 0 Å². The third-order valence-corrected chi connectivity index (χ3v) is 3.89. The van der Waals surface area contributed by atoms with Crippen molar-refractivity contribution in [3.63, 3.8) is 0 Å². The van der Waals surface area contributed by atoms with Crippen molar-refractivity contribution in [2.75, 3.05) is 0 Å². The molecule has 0 bridgehead atoms. The highest BCUT2D eigenvalue weighted by atomic mass is 16.4. The van der Waals surface area contributed by atoms with Crippen LogP contribution in [0.1, 0.15) is 65.5 Å². The van der Waals surface area contributed by atoms with E-state index in [9.17, 15) is 9.90 Å². The Bertz CT molecular complexity index is 427. The summed E-state index contributed by atoms with van der Waals surface area (Å²) in [5.41, 5.74) is 1.49. The van der Waals surface area contributed by atoms with Crippen molar-refractivity contribution in [2.24, 2.45) is 0 Å². The van der Waals surface area contributed by atoms with E-state index in [0.717, 1.165) is 55.6 Å². The Morgan fingerprint density at radius 1 is 1.19 bits per heavy atom. The molecule has 1 aromatic heterocycles. The Balaban J connectivity index is 2.08. The lowest BCUT2D eigenvalue weighted by molar-refractivity contribution is 0.0691. The topological polar surface area (TPSA) is 50.4 Å². The fourth-order valence-corrected chi connectivity index (χ4v) is 2.78. The molecule has 2 aliphatic rings. The molecule has 1 saturated carbocycles. The molecular formula is C13H16O3. The Morgan fingerprint density at radius 3 is 2.56 bits per heavy atom. The van der Waals surface area contributed by atoms with Crippen LogP contribution < -0.4 is 0 Å². The third-order valence-electron chi connectivity index (χ3n) is 3.89. The first-order valence-electron chi connectivity index (χ1n) is 6.15. The number of fused-ring (bicyclic) bond motifs is 1. The number of hydrogen-bond acceptors (Lipinski definition) is 2. The molecule has 0 amide bonds. The molecule has 0 spiro atoms. The second-order valence-electron chi connectivity index (χ2n) is 4.88. The van der Waals surface area contributed by atoms with Crippen LogP contribution in [0.5, 0.6) is 0 Å². The first-order chi connectivity index (χ1) is 7.77. The summed E-state index contributed by atoms with van der Waals surface area (Å²) in [7, 11) is 0. The van der Waals surface area contributed by atoms with Crippen molar-refractivity contribution in [1.82, 2.24) is 0 Å². The van der Waals surface area contributed by atoms with E-state index in [0.29, 0.717) is 11.5 Å². The van der Waals surface area contributed by atoms with E-state index in [2.05, 4.69) is 0 Å². The van der Waals surface area contributed by atoms with Crippen molar-refractivity contribution in [3.05, 3.63) is 22.6 Å². The van der Waals surface area contributed by atoms with E-state index in [1.807, 2.05) is 0 Å². The van der Waals surface area contributed by atoms with Gasteiger partial charge >= 0.3 is 5.97 Å². The summed E-state index contributed by atoms with van der Waals surface area (Å²) < 4.78 is 5.82. The smallest absolute Gasteiger partial charge is 0.339 e. The molecule has 1 N–H and O–H groups in total. The number of furan rings is 1. The maximum atomic E-state index is 11.3. The van der Waals surface area contributed by atoms with Gasteiger partial charge in [-0.2, -0.15) is 0 Å². The van der Waals surface area contributed by atoms with Crippen LogP contribution in [0.3, 0.4) is 0 Å². The van der Waals surface area contributed by atoms with Gasteiger partial charge < -0.3 is 9.52 Å². The predicted molar refractivity (Wildman–Crippen MR) is 58.9 cm³/mol. The molecule has 0 saturated heterocycles. The van der Waals surface area contributed by atoms with Crippen LogP contribution in [0.15, 0.2) is 4.42 Å². The molecule has 2 aliphatic carbocycles. The standard InChI is InChI=1S/C13H16O3/c14-13(15)11-9-6-1-2-7-10(9)16-12(11)8-4-3-5-8/h8H,1-7H2,(H,14,15). The van der Waals surface area contributed by atoms with Gasteiger partial charge in [0.25, 0.3) is 0 Å². The summed E-state index contributed by atoms with van der Waals surface area (Å²) in [5.74, 6) is 1.29. The number of rotatable bonds is 2. The van der Waals surface area contributed by atoms with E-state index in [4.69, 9.17) is 4.42 Å². The molecule has 3 heteroatoms. The highest BCUT2D eigenvalue weighted by Crippen LogP contribution is 2.42. The Labute approximate surface area is 94.5 Å². The molecule has 0 aromatic carbocycles. The van der Waals surface area contributed by atoms with Gasteiger partial charge in [-0.25, -0.2) is 4.79 Å². The quantitative estimate of drug-likeness (QED) is 0.833. The van der Waals surface area contributed by atoms with E-state index < -0.39 is 5.97 Å². The lowest BCUT2D eigenvalue weighted by Crippen LogP contribution is -2.13. The third kappa shape index (κ3) is 1.38. The summed E-state index contributed by atoms with van der Waals surface area (Å²) in [6.45, 7) is 0. The average molecular weight is 220 g/mol. The normalized spacial score (nSPS) is 20.2. The number of carboxylic acid groups (broad SMARTS) is 1. The molecule has 86 valence electrons. The summed E-state index contributed by atoms with van der Waals surface area (Å²) in [6, 6.07) is 0. The molecule has 1 aromatic rings. The lowest BCUT2D eigenvalue weighted by Gasteiger charge is -2.23. The van der Waals surface area contributed by atoms with Crippen molar-refractivity contribution >= 4 is 5.97 Å². The minimum absolute atomic E-state index is 0.372. The maximum absolute atomic E-state index is 11.3. The molecule has 0 aliphatic heterocycles. The Hall–Kier alpha value is -1.25. The molecule has 1 heterocycles. The number of aromatic carboxylic acids is 1. The maximum Gasteiger partial charge on any atom is 0.339 e. The van der Waals surface area contributed by atoms with E-state index in [1.54, 1.807) is 0 Å². The van der Waals surface area contributed by atoms with Crippen LogP contribution in [0, 0.1) is 0 Å². The van der Waals surface area contributed by atoms with Gasteiger partial charge in [-0.05, 0) is 32.1 Å². The molecule has 1 fully saturated rings. The molecule has 0 unspecified atom stereocenters. The summed E-state index contributed by atoms with van der Waals surface area (Å²) in [5, 5.41) is 9.32. The average Bonchev–Trinajstić information content (AvgIpc) is 2.53. The van der Waals surface area contributed by atoms with Gasteiger partial charge in [-0.15, -0.1) is 0 Å². The highest BCUT2D eigenvalue weighted by Gasteiger charge is 2.33. The SMILES string of the molecule is O=C(O)c1c(C2CCC2)oc2c1CCCC2. The predicted octanol–water partition coefficient (Wildman–Crippen LogP) is 3.12. The van der Waals surface area contributed by atoms with E-state index in [1.165, 1.54) is 6.42 Å². The summed E-state index contributed by atoms with van der Waals surface area (Å²) in [4.78, 5) is 11.3. The van der Waals surface area contributed by atoms with Crippen molar-refractivity contribution < 1.29 is 14.3 Å². The van der Waals surface area contributed by atoms with Crippen molar-refractivity contribution in [3.8, 4) is 0 Å². The van der Waals surface area contributed by atoms with Gasteiger partial charge in [-0.1, -0.05) is 6.42 Å². The van der Waals surface area contributed by atoms with Crippen molar-refractivity contribution in [1.29, 1.82) is 0 Å².